The molecule has 0 aliphatic carbocycles. The lowest BCUT2D eigenvalue weighted by Gasteiger charge is -2.06. The lowest BCUT2D eigenvalue weighted by Crippen LogP contribution is -1.96. The van der Waals surface area contributed by atoms with Gasteiger partial charge in [0.25, 0.3) is 0 Å². The molecule has 0 unspecified atom stereocenters. The number of nitrogens with zero attached hydrogens (tertiary/aromatic N) is 1. The third-order valence-electron chi connectivity index (χ3n) is 3.75. The van der Waals surface area contributed by atoms with E-state index in [9.17, 15) is 4.79 Å². The van der Waals surface area contributed by atoms with Crippen molar-refractivity contribution in [3.8, 4) is 0 Å². The number of aromatic nitrogens is 1. The lowest BCUT2D eigenvalue weighted by molar-refractivity contribution is 0.0697. The summed E-state index contributed by atoms with van der Waals surface area (Å²) >= 11 is 0. The smallest absolute Gasteiger partial charge is 0.335 e. The minimum Gasteiger partial charge on any atom is -0.478 e. The average Bonchev–Trinajstić information content (AvgIpc) is 2.52. The zero-order valence-corrected chi connectivity index (χ0v) is 11.1. The first-order valence-corrected chi connectivity index (χ1v) is 6.68. The fraction of sp³-hybridized carbons (Fsp3) is 0. The highest BCUT2D eigenvalue weighted by molar-refractivity contribution is 6.08. The van der Waals surface area contributed by atoms with Gasteiger partial charge in [0.15, 0.2) is 0 Å². The van der Waals surface area contributed by atoms with Crippen molar-refractivity contribution in [1.29, 1.82) is 0 Å². The van der Waals surface area contributed by atoms with Crippen molar-refractivity contribution in [2.75, 3.05) is 0 Å². The molecule has 4 rings (SSSR count). The number of hydrogen-bond acceptors (Lipinski definition) is 2. The Morgan fingerprint density at radius 2 is 1.62 bits per heavy atom. The summed E-state index contributed by atoms with van der Waals surface area (Å²) in [6.45, 7) is 0. The molecule has 0 saturated heterocycles. The number of benzene rings is 3. The minimum atomic E-state index is -0.934. The van der Waals surface area contributed by atoms with E-state index in [-0.39, 0.29) is 5.56 Å². The van der Waals surface area contributed by atoms with E-state index >= 15 is 0 Å². The van der Waals surface area contributed by atoms with Gasteiger partial charge in [0.05, 0.1) is 16.6 Å². The molecule has 1 aromatic heterocycles. The normalized spacial score (nSPS) is 11.2. The third-order valence-corrected chi connectivity index (χ3v) is 3.75. The van der Waals surface area contributed by atoms with Crippen LogP contribution in [-0.2, 0) is 0 Å². The SMILES string of the molecule is O=C(O)c1ccc2cc3ccc4ccccc4c3nc2c1. The number of fused-ring (bicyclic) bond motifs is 4. The molecule has 0 aliphatic heterocycles. The molecule has 21 heavy (non-hydrogen) atoms. The Labute approximate surface area is 120 Å². The van der Waals surface area contributed by atoms with Crippen molar-refractivity contribution >= 4 is 38.5 Å². The Balaban J connectivity index is 2.14. The van der Waals surface area contributed by atoms with Gasteiger partial charge in [0.2, 0.25) is 0 Å². The molecule has 0 spiro atoms. The molecule has 0 amide bonds. The van der Waals surface area contributed by atoms with Crippen LogP contribution in [0.4, 0.5) is 0 Å². The molecule has 0 radical (unpaired) electrons. The number of carbonyl (C=O) groups is 1. The van der Waals surface area contributed by atoms with Crippen LogP contribution in [0.3, 0.4) is 0 Å². The second-order valence-corrected chi connectivity index (χ2v) is 5.06. The fourth-order valence-electron chi connectivity index (χ4n) is 2.70. The predicted molar refractivity (Wildman–Crippen MR) is 83.7 cm³/mol. The molecule has 0 saturated carbocycles. The molecular formula is C18H11NO2. The lowest BCUT2D eigenvalue weighted by atomic mass is 10.0. The summed E-state index contributed by atoms with van der Waals surface area (Å²) in [6, 6.07) is 19.3. The van der Waals surface area contributed by atoms with Gasteiger partial charge in [0, 0.05) is 16.2 Å². The number of pyridine rings is 1. The van der Waals surface area contributed by atoms with Gasteiger partial charge in [-0.15, -0.1) is 0 Å². The molecule has 1 N–H and O–H groups in total. The van der Waals surface area contributed by atoms with Gasteiger partial charge in [-0.2, -0.15) is 0 Å². The maximum absolute atomic E-state index is 11.1. The van der Waals surface area contributed by atoms with E-state index in [1.165, 1.54) is 0 Å². The van der Waals surface area contributed by atoms with Crippen LogP contribution in [0.25, 0.3) is 32.6 Å². The van der Waals surface area contributed by atoms with E-state index in [0.717, 1.165) is 27.1 Å². The maximum atomic E-state index is 11.1. The van der Waals surface area contributed by atoms with Gasteiger partial charge in [-0.25, -0.2) is 9.78 Å². The van der Waals surface area contributed by atoms with Crippen LogP contribution in [0.5, 0.6) is 0 Å². The number of aromatic carboxylic acids is 1. The summed E-state index contributed by atoms with van der Waals surface area (Å²) in [7, 11) is 0. The minimum absolute atomic E-state index is 0.259. The number of carboxylic acids is 1. The highest BCUT2D eigenvalue weighted by Crippen LogP contribution is 2.27. The van der Waals surface area contributed by atoms with Gasteiger partial charge >= 0.3 is 5.97 Å². The molecule has 0 atom stereocenters. The van der Waals surface area contributed by atoms with Crippen LogP contribution >= 0.6 is 0 Å². The summed E-state index contributed by atoms with van der Waals surface area (Å²) in [5.74, 6) is -0.934. The maximum Gasteiger partial charge on any atom is 0.335 e. The zero-order valence-electron chi connectivity index (χ0n) is 11.1. The number of carboxylic acid groups (broad SMARTS) is 1. The molecule has 0 aliphatic rings. The van der Waals surface area contributed by atoms with Crippen molar-refractivity contribution in [1.82, 2.24) is 4.98 Å². The summed E-state index contributed by atoms with van der Waals surface area (Å²) in [5, 5.41) is 13.3. The molecular weight excluding hydrogens is 262 g/mol. The van der Waals surface area contributed by atoms with E-state index in [4.69, 9.17) is 5.11 Å². The predicted octanol–water partition coefficient (Wildman–Crippen LogP) is 4.24. The Morgan fingerprint density at radius 3 is 2.48 bits per heavy atom. The average molecular weight is 273 g/mol. The Bertz CT molecular complexity index is 1020. The van der Waals surface area contributed by atoms with Crippen molar-refractivity contribution in [3.63, 3.8) is 0 Å². The largest absolute Gasteiger partial charge is 0.478 e. The molecule has 4 aromatic rings. The second kappa shape index (κ2) is 4.28. The first kappa shape index (κ1) is 11.9. The highest BCUT2D eigenvalue weighted by Gasteiger charge is 2.07. The van der Waals surface area contributed by atoms with Gasteiger partial charge in [-0.05, 0) is 23.6 Å². The van der Waals surface area contributed by atoms with Crippen molar-refractivity contribution in [3.05, 3.63) is 66.2 Å². The third kappa shape index (κ3) is 1.82. The molecule has 3 heteroatoms. The van der Waals surface area contributed by atoms with Gasteiger partial charge in [-0.3, -0.25) is 0 Å². The topological polar surface area (TPSA) is 50.2 Å². The van der Waals surface area contributed by atoms with E-state index < -0.39 is 5.97 Å². The standard InChI is InChI=1S/C18H11NO2/c20-18(21)14-8-6-12-9-13-7-5-11-3-1-2-4-15(11)17(13)19-16(12)10-14/h1-10H,(H,20,21). The van der Waals surface area contributed by atoms with Crippen LogP contribution in [0.15, 0.2) is 60.7 Å². The Morgan fingerprint density at radius 1 is 0.857 bits per heavy atom. The van der Waals surface area contributed by atoms with Crippen LogP contribution in [0.2, 0.25) is 0 Å². The molecule has 1 heterocycles. The highest BCUT2D eigenvalue weighted by atomic mass is 16.4. The van der Waals surface area contributed by atoms with Gasteiger partial charge in [0.1, 0.15) is 0 Å². The van der Waals surface area contributed by atoms with Crippen LogP contribution in [-0.4, -0.2) is 16.1 Å². The Hall–Kier alpha value is -2.94. The van der Waals surface area contributed by atoms with Gasteiger partial charge < -0.3 is 5.11 Å². The summed E-state index contributed by atoms with van der Waals surface area (Å²) < 4.78 is 0. The van der Waals surface area contributed by atoms with Crippen LogP contribution in [0.1, 0.15) is 10.4 Å². The summed E-state index contributed by atoms with van der Waals surface area (Å²) in [5.41, 5.74) is 1.87. The van der Waals surface area contributed by atoms with Gasteiger partial charge in [-0.1, -0.05) is 42.5 Å². The summed E-state index contributed by atoms with van der Waals surface area (Å²) in [6.07, 6.45) is 0. The molecule has 0 bridgehead atoms. The van der Waals surface area contributed by atoms with Crippen LogP contribution < -0.4 is 0 Å². The number of hydrogen-bond donors (Lipinski definition) is 1. The monoisotopic (exact) mass is 273 g/mol. The fourth-order valence-corrected chi connectivity index (χ4v) is 2.70. The van der Waals surface area contributed by atoms with Crippen molar-refractivity contribution in [2.45, 2.75) is 0 Å². The Kier molecular flexibility index (Phi) is 2.42. The van der Waals surface area contributed by atoms with Crippen molar-refractivity contribution < 1.29 is 9.90 Å². The first-order chi connectivity index (χ1) is 10.2. The van der Waals surface area contributed by atoms with E-state index in [2.05, 4.69) is 23.2 Å². The summed E-state index contributed by atoms with van der Waals surface area (Å²) in [4.78, 5) is 15.8. The number of rotatable bonds is 1. The van der Waals surface area contributed by atoms with E-state index in [0.29, 0.717) is 5.52 Å². The van der Waals surface area contributed by atoms with E-state index in [1.54, 1.807) is 18.2 Å². The zero-order chi connectivity index (χ0) is 14.4. The van der Waals surface area contributed by atoms with Crippen molar-refractivity contribution in [2.24, 2.45) is 0 Å². The molecule has 100 valence electrons. The quantitative estimate of drug-likeness (QED) is 0.417. The molecule has 3 nitrogen and oxygen atoms in total. The first-order valence-electron chi connectivity index (χ1n) is 6.68. The molecule has 0 fully saturated rings. The van der Waals surface area contributed by atoms with E-state index in [1.807, 2.05) is 24.3 Å². The van der Waals surface area contributed by atoms with Crippen LogP contribution in [0, 0.1) is 0 Å². The second-order valence-electron chi connectivity index (χ2n) is 5.06. The molecule has 3 aromatic carbocycles.